The Labute approximate surface area is 148 Å². The molecule has 3 aromatic rings. The topological polar surface area (TPSA) is 41.9 Å². The first-order chi connectivity index (χ1) is 12.4. The highest BCUT2D eigenvalue weighted by Gasteiger charge is 2.34. The van der Waals surface area contributed by atoms with Crippen LogP contribution in [-0.2, 0) is 19.3 Å². The van der Waals surface area contributed by atoms with Crippen molar-refractivity contribution in [2.45, 2.75) is 26.2 Å². The number of fused-ring (bicyclic) bond motifs is 1. The summed E-state index contributed by atoms with van der Waals surface area (Å²) in [6.07, 6.45) is -2.14. The molecule has 0 saturated heterocycles. The summed E-state index contributed by atoms with van der Waals surface area (Å²) in [5.74, 6) is -0.349. The molecule has 7 heteroatoms. The van der Waals surface area contributed by atoms with Crippen molar-refractivity contribution in [1.29, 1.82) is 0 Å². The summed E-state index contributed by atoms with van der Waals surface area (Å²) in [5.41, 5.74) is 4.58. The van der Waals surface area contributed by atoms with E-state index in [1.165, 1.54) is 23.5 Å². The van der Waals surface area contributed by atoms with Crippen LogP contribution in [0.5, 0.6) is 0 Å². The minimum absolute atomic E-state index is 0.529. The predicted octanol–water partition coefficient (Wildman–Crippen LogP) is 4.39. The van der Waals surface area contributed by atoms with E-state index in [0.29, 0.717) is 5.56 Å². The summed E-state index contributed by atoms with van der Waals surface area (Å²) < 4.78 is 37.9. The third-order valence-corrected chi connectivity index (χ3v) is 4.34. The van der Waals surface area contributed by atoms with E-state index >= 15 is 0 Å². The van der Waals surface area contributed by atoms with Crippen LogP contribution in [-0.4, -0.2) is 15.0 Å². The van der Waals surface area contributed by atoms with Crippen LogP contribution in [0.4, 0.5) is 19.0 Å². The van der Waals surface area contributed by atoms with Crippen LogP contribution in [0.2, 0.25) is 0 Å². The van der Waals surface area contributed by atoms with Gasteiger partial charge in [0.15, 0.2) is 0 Å². The van der Waals surface area contributed by atoms with E-state index < -0.39 is 12.0 Å². The molecule has 26 heavy (non-hydrogen) atoms. The van der Waals surface area contributed by atoms with E-state index in [0.717, 1.165) is 30.2 Å². The summed E-state index contributed by atoms with van der Waals surface area (Å²) in [4.78, 5) is 13.6. The van der Waals surface area contributed by atoms with Gasteiger partial charge in [0.1, 0.15) is 5.82 Å². The van der Waals surface area contributed by atoms with E-state index in [-0.39, 0.29) is 0 Å². The molecule has 0 bridgehead atoms. The molecule has 3 heterocycles. The van der Waals surface area contributed by atoms with Crippen molar-refractivity contribution in [1.82, 2.24) is 15.0 Å². The van der Waals surface area contributed by atoms with Gasteiger partial charge < -0.3 is 4.90 Å². The van der Waals surface area contributed by atoms with Crippen LogP contribution >= 0.6 is 0 Å². The molecule has 0 atom stereocenters. The van der Waals surface area contributed by atoms with Crippen molar-refractivity contribution < 1.29 is 13.2 Å². The fraction of sp³-hybridized carbons (Fsp3) is 0.211. The highest BCUT2D eigenvalue weighted by molar-refractivity contribution is 5.66. The molecule has 0 unspecified atom stereocenters. The Morgan fingerprint density at radius 1 is 0.923 bits per heavy atom. The zero-order chi connectivity index (χ0) is 18.3. The summed E-state index contributed by atoms with van der Waals surface area (Å²) in [5, 5.41) is 0. The Morgan fingerprint density at radius 3 is 2.12 bits per heavy atom. The number of aromatic nitrogens is 3. The summed E-state index contributed by atoms with van der Waals surface area (Å²) in [6, 6.07) is 11.9. The highest BCUT2D eigenvalue weighted by Crippen LogP contribution is 2.31. The fourth-order valence-electron chi connectivity index (χ4n) is 3.10. The molecule has 0 saturated carbocycles. The lowest BCUT2D eigenvalue weighted by molar-refractivity contribution is -0.144. The minimum Gasteiger partial charge on any atom is -0.348 e. The second-order valence-corrected chi connectivity index (χ2v) is 6.27. The van der Waals surface area contributed by atoms with E-state index in [9.17, 15) is 13.2 Å². The summed E-state index contributed by atoms with van der Waals surface area (Å²) in [7, 11) is 0. The van der Waals surface area contributed by atoms with Gasteiger partial charge in [-0.3, -0.25) is 0 Å². The van der Waals surface area contributed by atoms with Crippen molar-refractivity contribution in [3.05, 3.63) is 71.4 Å². The molecular weight excluding hydrogens is 341 g/mol. The number of benzene rings is 1. The number of pyridine rings is 1. The van der Waals surface area contributed by atoms with Gasteiger partial charge in [-0.1, -0.05) is 24.3 Å². The van der Waals surface area contributed by atoms with Gasteiger partial charge >= 0.3 is 6.18 Å². The standard InChI is InChI=1S/C19H15F3N4/c1-12-6-15(16-8-23-18(24-9-16)19(20,21)22)7-17(25-12)26-10-13-4-2-3-5-14(13)11-26/h2-9H,10-11H2,1H3. The zero-order valence-electron chi connectivity index (χ0n) is 14.0. The lowest BCUT2D eigenvalue weighted by Crippen LogP contribution is -2.16. The molecule has 2 aromatic heterocycles. The molecule has 132 valence electrons. The van der Waals surface area contributed by atoms with Crippen molar-refractivity contribution in [3.8, 4) is 11.1 Å². The van der Waals surface area contributed by atoms with E-state index in [4.69, 9.17) is 0 Å². The number of halogens is 3. The lowest BCUT2D eigenvalue weighted by Gasteiger charge is -2.18. The van der Waals surface area contributed by atoms with Crippen molar-refractivity contribution >= 4 is 5.82 Å². The average molecular weight is 356 g/mol. The SMILES string of the molecule is Cc1cc(-c2cnc(C(F)(F)F)nc2)cc(N2Cc3ccccc3C2)n1. The molecule has 0 N–H and O–H groups in total. The molecule has 4 rings (SSSR count). The van der Waals surface area contributed by atoms with Gasteiger partial charge in [0.2, 0.25) is 5.82 Å². The highest BCUT2D eigenvalue weighted by atomic mass is 19.4. The third-order valence-electron chi connectivity index (χ3n) is 4.34. The smallest absolute Gasteiger partial charge is 0.348 e. The van der Waals surface area contributed by atoms with Crippen LogP contribution in [0.25, 0.3) is 11.1 Å². The molecule has 1 aliphatic heterocycles. The number of rotatable bonds is 2. The van der Waals surface area contributed by atoms with Gasteiger partial charge in [0.05, 0.1) is 0 Å². The maximum Gasteiger partial charge on any atom is 0.451 e. The fourth-order valence-corrected chi connectivity index (χ4v) is 3.10. The van der Waals surface area contributed by atoms with Crippen LogP contribution in [0, 0.1) is 6.92 Å². The molecular formula is C19H15F3N4. The first-order valence-corrected chi connectivity index (χ1v) is 8.10. The number of anilines is 1. The second kappa shape index (κ2) is 6.09. The number of hydrogen-bond donors (Lipinski definition) is 0. The number of aryl methyl sites for hydroxylation is 1. The van der Waals surface area contributed by atoms with Crippen LogP contribution in [0.1, 0.15) is 22.6 Å². The minimum atomic E-state index is -4.54. The first kappa shape index (κ1) is 16.5. The molecule has 4 nitrogen and oxygen atoms in total. The molecule has 1 aliphatic rings. The van der Waals surface area contributed by atoms with Gasteiger partial charge in [0.25, 0.3) is 0 Å². The van der Waals surface area contributed by atoms with Gasteiger partial charge in [-0.15, -0.1) is 0 Å². The Morgan fingerprint density at radius 2 is 1.54 bits per heavy atom. The quantitative estimate of drug-likeness (QED) is 0.683. The normalized spacial score (nSPS) is 13.8. The van der Waals surface area contributed by atoms with E-state index in [1.54, 1.807) is 0 Å². The maximum absolute atomic E-state index is 12.6. The molecule has 0 spiro atoms. The average Bonchev–Trinajstić information content (AvgIpc) is 3.05. The first-order valence-electron chi connectivity index (χ1n) is 8.10. The number of hydrogen-bond acceptors (Lipinski definition) is 4. The Bertz CT molecular complexity index is 927. The van der Waals surface area contributed by atoms with Crippen molar-refractivity contribution in [3.63, 3.8) is 0 Å². The molecule has 0 aliphatic carbocycles. The van der Waals surface area contributed by atoms with Gasteiger partial charge in [0, 0.05) is 36.7 Å². The second-order valence-electron chi connectivity index (χ2n) is 6.27. The Hall–Kier alpha value is -2.96. The Kier molecular flexibility index (Phi) is 3.86. The molecule has 0 fully saturated rings. The van der Waals surface area contributed by atoms with E-state index in [1.807, 2.05) is 31.2 Å². The summed E-state index contributed by atoms with van der Waals surface area (Å²) >= 11 is 0. The van der Waals surface area contributed by atoms with Gasteiger partial charge in [-0.2, -0.15) is 13.2 Å². The van der Waals surface area contributed by atoms with Crippen molar-refractivity contribution in [2.24, 2.45) is 0 Å². The molecule has 0 amide bonds. The van der Waals surface area contributed by atoms with Crippen LogP contribution in [0.3, 0.4) is 0 Å². The van der Waals surface area contributed by atoms with Gasteiger partial charge in [-0.05, 0) is 35.7 Å². The third kappa shape index (κ3) is 3.12. The monoisotopic (exact) mass is 356 g/mol. The van der Waals surface area contributed by atoms with Crippen LogP contribution in [0.15, 0.2) is 48.8 Å². The molecule has 0 radical (unpaired) electrons. The van der Waals surface area contributed by atoms with Crippen LogP contribution < -0.4 is 4.90 Å². The largest absolute Gasteiger partial charge is 0.451 e. The van der Waals surface area contributed by atoms with Gasteiger partial charge in [-0.25, -0.2) is 15.0 Å². The lowest BCUT2D eigenvalue weighted by atomic mass is 10.1. The predicted molar refractivity (Wildman–Crippen MR) is 91.3 cm³/mol. The number of alkyl halides is 3. The van der Waals surface area contributed by atoms with E-state index in [2.05, 4.69) is 32.0 Å². The molecule has 1 aromatic carbocycles. The zero-order valence-corrected chi connectivity index (χ0v) is 14.0. The Balaban J connectivity index is 1.65. The number of nitrogens with zero attached hydrogens (tertiary/aromatic N) is 4. The van der Waals surface area contributed by atoms with Crippen molar-refractivity contribution in [2.75, 3.05) is 4.90 Å². The summed E-state index contributed by atoms with van der Waals surface area (Å²) in [6.45, 7) is 3.38. The maximum atomic E-state index is 12.6.